The molecule has 126 valence electrons. The summed E-state index contributed by atoms with van der Waals surface area (Å²) < 4.78 is 13.1. The number of aliphatic carboxylic acids is 1. The Balaban J connectivity index is 1.76. The number of halogens is 1. The highest BCUT2D eigenvalue weighted by molar-refractivity contribution is 5.75. The van der Waals surface area contributed by atoms with Gasteiger partial charge in [0.2, 0.25) is 0 Å². The molecule has 0 saturated carbocycles. The third kappa shape index (κ3) is 3.79. The highest BCUT2D eigenvalue weighted by Crippen LogP contribution is 2.34. The van der Waals surface area contributed by atoms with E-state index in [2.05, 4.69) is 9.88 Å². The number of carboxylic acid groups (broad SMARTS) is 1. The molecule has 0 unspecified atom stereocenters. The number of aromatic nitrogens is 1. The van der Waals surface area contributed by atoms with E-state index in [1.165, 1.54) is 12.1 Å². The summed E-state index contributed by atoms with van der Waals surface area (Å²) in [5, 5.41) is 9.87. The molecule has 1 aromatic heterocycles. The quantitative estimate of drug-likeness (QED) is 0.916. The van der Waals surface area contributed by atoms with Gasteiger partial charge in [0, 0.05) is 19.3 Å². The molecule has 1 fully saturated rings. The van der Waals surface area contributed by atoms with Crippen LogP contribution in [0.1, 0.15) is 24.1 Å². The maximum Gasteiger partial charge on any atom is 0.311 e. The van der Waals surface area contributed by atoms with Crippen molar-refractivity contribution >= 4 is 5.97 Å². The Morgan fingerprint density at radius 3 is 2.71 bits per heavy atom. The number of piperidine rings is 1. The van der Waals surface area contributed by atoms with Crippen LogP contribution >= 0.6 is 0 Å². The summed E-state index contributed by atoms with van der Waals surface area (Å²) in [4.78, 5) is 18.5. The lowest BCUT2D eigenvalue weighted by molar-refractivity contribution is -0.152. The predicted molar refractivity (Wildman–Crippen MR) is 88.9 cm³/mol. The first-order valence-corrected chi connectivity index (χ1v) is 8.18. The molecule has 1 saturated heterocycles. The van der Waals surface area contributed by atoms with Crippen LogP contribution in [0.2, 0.25) is 0 Å². The number of carbonyl (C=O) groups is 1. The summed E-state index contributed by atoms with van der Waals surface area (Å²) in [7, 11) is 0. The minimum Gasteiger partial charge on any atom is -0.481 e. The van der Waals surface area contributed by atoms with E-state index in [0.29, 0.717) is 25.9 Å². The maximum atomic E-state index is 13.1. The fraction of sp³-hybridized carbons (Fsp3) is 0.368. The van der Waals surface area contributed by atoms with Gasteiger partial charge in [-0.15, -0.1) is 0 Å². The molecular weight excluding hydrogens is 307 g/mol. The Morgan fingerprint density at radius 1 is 1.25 bits per heavy atom. The van der Waals surface area contributed by atoms with Gasteiger partial charge in [0.25, 0.3) is 0 Å². The number of likely N-dealkylation sites (tertiary alicyclic amines) is 1. The number of carboxylic acids is 1. The second kappa shape index (κ2) is 7.09. The molecule has 2 heterocycles. The molecule has 0 radical (unpaired) electrons. The molecule has 1 aliphatic rings. The fourth-order valence-electron chi connectivity index (χ4n) is 3.47. The molecule has 0 spiro atoms. The Kier molecular flexibility index (Phi) is 4.90. The zero-order chi connectivity index (χ0) is 17.0. The normalized spacial score (nSPS) is 21.5. The Labute approximate surface area is 141 Å². The zero-order valence-corrected chi connectivity index (χ0v) is 13.5. The molecule has 2 aromatic rings. The van der Waals surface area contributed by atoms with E-state index in [9.17, 15) is 14.3 Å². The average molecular weight is 328 g/mol. The van der Waals surface area contributed by atoms with E-state index >= 15 is 0 Å². The molecule has 4 nitrogen and oxygen atoms in total. The summed E-state index contributed by atoms with van der Waals surface area (Å²) in [5.41, 5.74) is 0.976. The van der Waals surface area contributed by atoms with Gasteiger partial charge < -0.3 is 5.11 Å². The minimum atomic E-state index is -0.829. The zero-order valence-electron chi connectivity index (χ0n) is 13.5. The van der Waals surface area contributed by atoms with Gasteiger partial charge in [0.05, 0.1) is 11.1 Å². The van der Waals surface area contributed by atoms with Gasteiger partial charge in [-0.3, -0.25) is 14.7 Å². The van der Waals surface area contributed by atoms with Crippen molar-refractivity contribution in [1.29, 1.82) is 0 Å². The van der Waals surface area contributed by atoms with Crippen LogP contribution in [-0.2, 0) is 17.8 Å². The third-order valence-electron chi connectivity index (χ3n) is 4.68. The predicted octanol–water partition coefficient (Wildman–Crippen LogP) is 3.13. The molecule has 24 heavy (non-hydrogen) atoms. The molecule has 0 bridgehead atoms. The van der Waals surface area contributed by atoms with E-state index in [1.54, 1.807) is 18.3 Å². The monoisotopic (exact) mass is 328 g/mol. The molecule has 0 amide bonds. The molecule has 0 aliphatic carbocycles. The number of rotatable bonds is 5. The molecule has 1 N–H and O–H groups in total. The number of pyridine rings is 1. The van der Waals surface area contributed by atoms with Crippen LogP contribution in [0.15, 0.2) is 48.7 Å². The highest BCUT2D eigenvalue weighted by atomic mass is 19.1. The molecule has 3 rings (SSSR count). The van der Waals surface area contributed by atoms with Gasteiger partial charge in [-0.25, -0.2) is 4.39 Å². The second-order valence-electron chi connectivity index (χ2n) is 6.52. The first-order chi connectivity index (χ1) is 11.6. The number of benzene rings is 1. The minimum absolute atomic E-state index is 0.302. The van der Waals surface area contributed by atoms with Crippen molar-refractivity contribution in [2.75, 3.05) is 13.1 Å². The van der Waals surface area contributed by atoms with Crippen LogP contribution in [0, 0.1) is 11.2 Å². The lowest BCUT2D eigenvalue weighted by atomic mass is 9.75. The molecule has 1 atom stereocenters. The summed E-state index contributed by atoms with van der Waals surface area (Å²) in [6.07, 6.45) is 3.64. The summed E-state index contributed by atoms with van der Waals surface area (Å²) in [5.74, 6) is -1.08. The largest absolute Gasteiger partial charge is 0.481 e. The maximum absolute atomic E-state index is 13.1. The van der Waals surface area contributed by atoms with Gasteiger partial charge in [0.1, 0.15) is 5.82 Å². The van der Waals surface area contributed by atoms with E-state index in [4.69, 9.17) is 0 Å². The smallest absolute Gasteiger partial charge is 0.311 e. The van der Waals surface area contributed by atoms with Crippen molar-refractivity contribution in [3.8, 4) is 0 Å². The molecule has 1 aromatic carbocycles. The van der Waals surface area contributed by atoms with Gasteiger partial charge >= 0.3 is 5.97 Å². The average Bonchev–Trinajstić information content (AvgIpc) is 2.58. The van der Waals surface area contributed by atoms with Gasteiger partial charge in [-0.2, -0.15) is 0 Å². The van der Waals surface area contributed by atoms with E-state index < -0.39 is 11.4 Å². The van der Waals surface area contributed by atoms with Crippen molar-refractivity contribution < 1.29 is 14.3 Å². The van der Waals surface area contributed by atoms with Crippen molar-refractivity contribution in [2.24, 2.45) is 5.41 Å². The fourth-order valence-corrected chi connectivity index (χ4v) is 3.47. The Bertz CT molecular complexity index is 690. The van der Waals surface area contributed by atoms with Crippen LogP contribution in [0.5, 0.6) is 0 Å². The van der Waals surface area contributed by atoms with Crippen molar-refractivity contribution in [2.45, 2.75) is 25.8 Å². The van der Waals surface area contributed by atoms with Crippen LogP contribution in [0.25, 0.3) is 0 Å². The van der Waals surface area contributed by atoms with Crippen LogP contribution in [-0.4, -0.2) is 34.0 Å². The van der Waals surface area contributed by atoms with Crippen LogP contribution < -0.4 is 0 Å². The van der Waals surface area contributed by atoms with Crippen molar-refractivity contribution in [3.05, 3.63) is 65.7 Å². The standard InChI is InChI=1S/C19H21FN2O2/c20-16-7-5-15(6-8-16)12-19(18(23)24)9-3-11-22(14-19)13-17-4-1-2-10-21-17/h1-2,4-8,10H,3,9,11-14H2,(H,23,24)/t19-/m1/s1. The SMILES string of the molecule is O=C(O)[C@@]1(Cc2ccc(F)cc2)CCCN(Cc2ccccn2)C1. The topological polar surface area (TPSA) is 53.4 Å². The Hall–Kier alpha value is -2.27. The summed E-state index contributed by atoms with van der Waals surface area (Å²) >= 11 is 0. The van der Waals surface area contributed by atoms with Crippen molar-refractivity contribution in [1.82, 2.24) is 9.88 Å². The second-order valence-corrected chi connectivity index (χ2v) is 6.52. The Morgan fingerprint density at radius 2 is 2.04 bits per heavy atom. The van der Waals surface area contributed by atoms with Crippen LogP contribution in [0.3, 0.4) is 0 Å². The van der Waals surface area contributed by atoms with E-state index in [1.807, 2.05) is 18.2 Å². The molecule has 1 aliphatic heterocycles. The molecule has 5 heteroatoms. The molecular formula is C19H21FN2O2. The summed E-state index contributed by atoms with van der Waals surface area (Å²) in [6.45, 7) is 2.00. The summed E-state index contributed by atoms with van der Waals surface area (Å²) in [6, 6.07) is 11.9. The number of hydrogen-bond donors (Lipinski definition) is 1. The van der Waals surface area contributed by atoms with Gasteiger partial charge in [-0.1, -0.05) is 18.2 Å². The third-order valence-corrected chi connectivity index (χ3v) is 4.68. The van der Waals surface area contributed by atoms with E-state index in [-0.39, 0.29) is 5.82 Å². The highest BCUT2D eigenvalue weighted by Gasteiger charge is 2.42. The number of nitrogens with zero attached hydrogens (tertiary/aromatic N) is 2. The first-order valence-electron chi connectivity index (χ1n) is 8.18. The lowest BCUT2D eigenvalue weighted by Crippen LogP contribution is -2.48. The van der Waals surface area contributed by atoms with E-state index in [0.717, 1.165) is 24.2 Å². The van der Waals surface area contributed by atoms with Gasteiger partial charge in [0.15, 0.2) is 0 Å². The first kappa shape index (κ1) is 16.6. The van der Waals surface area contributed by atoms with Crippen LogP contribution in [0.4, 0.5) is 4.39 Å². The number of hydrogen-bond acceptors (Lipinski definition) is 3. The van der Waals surface area contributed by atoms with Crippen molar-refractivity contribution in [3.63, 3.8) is 0 Å². The van der Waals surface area contributed by atoms with Gasteiger partial charge in [-0.05, 0) is 55.6 Å². The lowest BCUT2D eigenvalue weighted by Gasteiger charge is -2.40.